The molecule has 1 saturated carbocycles. The summed E-state index contributed by atoms with van der Waals surface area (Å²) in [5.74, 6) is 0.432. The second-order valence-corrected chi connectivity index (χ2v) is 6.95. The average Bonchev–Trinajstić information content (AvgIpc) is 3.33. The Balaban J connectivity index is 1.68. The summed E-state index contributed by atoms with van der Waals surface area (Å²) in [4.78, 5) is 17.3. The molecule has 6 heteroatoms. The van der Waals surface area contributed by atoms with Crippen LogP contribution in [0.5, 0.6) is 0 Å². The van der Waals surface area contributed by atoms with Crippen LogP contribution in [0.3, 0.4) is 0 Å². The molecule has 1 aromatic carbocycles. The van der Waals surface area contributed by atoms with Crippen LogP contribution in [-0.2, 0) is 0 Å². The van der Waals surface area contributed by atoms with E-state index in [1.807, 2.05) is 39.9 Å². The number of para-hydroxylation sites is 1. The molecule has 0 N–H and O–H groups in total. The smallest absolute Gasteiger partial charge is 0.276 e. The molecule has 1 unspecified atom stereocenters. The monoisotopic (exact) mass is 325 g/mol. The summed E-state index contributed by atoms with van der Waals surface area (Å²) in [5, 5.41) is 8.60. The molecular weight excluding hydrogens is 302 g/mol. The van der Waals surface area contributed by atoms with Crippen LogP contribution in [-0.4, -0.2) is 63.4 Å². The molecule has 24 heavy (non-hydrogen) atoms. The maximum atomic E-state index is 13.1. The van der Waals surface area contributed by atoms with Gasteiger partial charge in [-0.25, -0.2) is 4.68 Å². The second kappa shape index (κ2) is 6.02. The van der Waals surface area contributed by atoms with Crippen molar-refractivity contribution < 1.29 is 4.79 Å². The van der Waals surface area contributed by atoms with Gasteiger partial charge in [0.25, 0.3) is 5.91 Å². The fourth-order valence-electron chi connectivity index (χ4n) is 3.50. The number of hydrogen-bond donors (Lipinski definition) is 0. The number of likely N-dealkylation sites (N-methyl/N-ethyl adjacent to an activating group) is 1. The van der Waals surface area contributed by atoms with E-state index in [1.165, 1.54) is 0 Å². The summed E-state index contributed by atoms with van der Waals surface area (Å²) in [5.41, 5.74) is 2.49. The lowest BCUT2D eigenvalue weighted by Crippen LogP contribution is -2.52. The van der Waals surface area contributed by atoms with Crippen LogP contribution in [0.25, 0.3) is 5.69 Å². The highest BCUT2D eigenvalue weighted by molar-refractivity contribution is 5.94. The zero-order chi connectivity index (χ0) is 16.7. The minimum atomic E-state index is 0.0275. The molecule has 0 spiro atoms. The van der Waals surface area contributed by atoms with Crippen molar-refractivity contribution in [2.45, 2.75) is 31.7 Å². The number of hydrogen-bond acceptors (Lipinski definition) is 4. The Bertz CT molecular complexity index is 737. The first-order valence-electron chi connectivity index (χ1n) is 8.65. The van der Waals surface area contributed by atoms with Crippen LogP contribution in [0.4, 0.5) is 0 Å². The SMILES string of the molecule is CC1CN(C)CCN1C(=O)c1nnn(-c2ccccc2)c1C1CC1. The van der Waals surface area contributed by atoms with Gasteiger partial charge in [0.15, 0.2) is 5.69 Å². The number of benzene rings is 1. The van der Waals surface area contributed by atoms with Crippen molar-refractivity contribution in [1.29, 1.82) is 0 Å². The molecule has 126 valence electrons. The standard InChI is InChI=1S/C18H23N5O/c1-13-12-21(2)10-11-22(13)18(24)16-17(14-8-9-14)23(20-19-16)15-6-4-3-5-7-15/h3-7,13-14H,8-12H2,1-2H3. The number of piperazine rings is 1. The van der Waals surface area contributed by atoms with Gasteiger partial charge in [0, 0.05) is 31.6 Å². The van der Waals surface area contributed by atoms with Crippen LogP contribution in [0.1, 0.15) is 41.9 Å². The van der Waals surface area contributed by atoms with E-state index in [4.69, 9.17) is 0 Å². The predicted octanol–water partition coefficient (Wildman–Crippen LogP) is 1.92. The van der Waals surface area contributed by atoms with Crippen LogP contribution in [0.2, 0.25) is 0 Å². The third-order valence-electron chi connectivity index (χ3n) is 4.96. The Kier molecular flexibility index (Phi) is 3.84. The van der Waals surface area contributed by atoms with Crippen LogP contribution in [0.15, 0.2) is 30.3 Å². The van der Waals surface area contributed by atoms with E-state index in [2.05, 4.69) is 29.2 Å². The Morgan fingerprint density at radius 1 is 1.17 bits per heavy atom. The van der Waals surface area contributed by atoms with E-state index in [-0.39, 0.29) is 11.9 Å². The molecule has 4 rings (SSSR count). The first-order valence-corrected chi connectivity index (χ1v) is 8.65. The zero-order valence-corrected chi connectivity index (χ0v) is 14.2. The van der Waals surface area contributed by atoms with Crippen molar-refractivity contribution in [3.05, 3.63) is 41.7 Å². The minimum Gasteiger partial charge on any atom is -0.332 e. The molecule has 2 aliphatic rings. The summed E-state index contributed by atoms with van der Waals surface area (Å²) in [6.45, 7) is 4.66. The molecule has 2 aromatic rings. The predicted molar refractivity (Wildman–Crippen MR) is 91.3 cm³/mol. The lowest BCUT2D eigenvalue weighted by atomic mass is 10.1. The molecule has 0 bridgehead atoms. The fraction of sp³-hybridized carbons (Fsp3) is 0.500. The molecule has 1 aliphatic carbocycles. The first-order chi connectivity index (χ1) is 11.6. The number of nitrogens with zero attached hydrogens (tertiary/aromatic N) is 5. The molecule has 1 atom stereocenters. The Morgan fingerprint density at radius 2 is 1.92 bits per heavy atom. The van der Waals surface area contributed by atoms with Crippen LogP contribution < -0.4 is 0 Å². The van der Waals surface area contributed by atoms with E-state index in [9.17, 15) is 4.79 Å². The van der Waals surface area contributed by atoms with Crippen molar-refractivity contribution in [3.8, 4) is 5.69 Å². The third-order valence-corrected chi connectivity index (χ3v) is 4.96. The highest BCUT2D eigenvalue weighted by atomic mass is 16.2. The summed E-state index contributed by atoms with van der Waals surface area (Å²) in [7, 11) is 2.10. The number of carbonyl (C=O) groups excluding carboxylic acids is 1. The number of rotatable bonds is 3. The van der Waals surface area contributed by atoms with Gasteiger partial charge in [-0.2, -0.15) is 0 Å². The highest BCUT2D eigenvalue weighted by Crippen LogP contribution is 2.42. The first kappa shape index (κ1) is 15.3. The van der Waals surface area contributed by atoms with Gasteiger partial charge in [-0.3, -0.25) is 4.79 Å². The average molecular weight is 325 g/mol. The van der Waals surface area contributed by atoms with Crippen LogP contribution in [0, 0.1) is 0 Å². The van der Waals surface area contributed by atoms with Crippen molar-refractivity contribution in [1.82, 2.24) is 24.8 Å². The fourth-order valence-corrected chi connectivity index (χ4v) is 3.50. The van der Waals surface area contributed by atoms with Gasteiger partial charge >= 0.3 is 0 Å². The van der Waals surface area contributed by atoms with Gasteiger partial charge in [-0.15, -0.1) is 5.10 Å². The van der Waals surface area contributed by atoms with E-state index in [1.54, 1.807) is 0 Å². The molecule has 6 nitrogen and oxygen atoms in total. The maximum Gasteiger partial charge on any atom is 0.276 e. The third kappa shape index (κ3) is 2.71. The summed E-state index contributed by atoms with van der Waals surface area (Å²) >= 11 is 0. The van der Waals surface area contributed by atoms with Crippen molar-refractivity contribution >= 4 is 5.91 Å². The van der Waals surface area contributed by atoms with Crippen molar-refractivity contribution in [2.75, 3.05) is 26.7 Å². The van der Waals surface area contributed by atoms with Gasteiger partial charge in [-0.05, 0) is 38.9 Å². The summed E-state index contributed by atoms with van der Waals surface area (Å²) < 4.78 is 1.85. The number of aromatic nitrogens is 3. The van der Waals surface area contributed by atoms with Gasteiger partial charge < -0.3 is 9.80 Å². The topological polar surface area (TPSA) is 54.3 Å². The highest BCUT2D eigenvalue weighted by Gasteiger charge is 2.37. The lowest BCUT2D eigenvalue weighted by Gasteiger charge is -2.37. The largest absolute Gasteiger partial charge is 0.332 e. The molecule has 1 aromatic heterocycles. The normalized spacial score (nSPS) is 21.9. The van der Waals surface area contributed by atoms with Gasteiger partial charge in [0.05, 0.1) is 11.4 Å². The molecule has 2 heterocycles. The maximum absolute atomic E-state index is 13.1. The Labute approximate surface area is 142 Å². The van der Waals surface area contributed by atoms with Gasteiger partial charge in [0.1, 0.15) is 0 Å². The summed E-state index contributed by atoms with van der Waals surface area (Å²) in [6, 6.07) is 10.2. The second-order valence-electron chi connectivity index (χ2n) is 6.95. The molecule has 1 amide bonds. The molecule has 1 aliphatic heterocycles. The zero-order valence-electron chi connectivity index (χ0n) is 14.2. The van der Waals surface area contributed by atoms with Crippen molar-refractivity contribution in [2.24, 2.45) is 0 Å². The number of carbonyl (C=O) groups is 1. The van der Waals surface area contributed by atoms with E-state index in [0.29, 0.717) is 11.6 Å². The summed E-state index contributed by atoms with van der Waals surface area (Å²) in [6.07, 6.45) is 2.22. The molecule has 2 fully saturated rings. The molecule has 0 radical (unpaired) electrons. The molecule has 1 saturated heterocycles. The van der Waals surface area contributed by atoms with Crippen LogP contribution >= 0.6 is 0 Å². The Hall–Kier alpha value is -2.21. The van der Waals surface area contributed by atoms with Crippen molar-refractivity contribution in [3.63, 3.8) is 0 Å². The molecular formula is C18H23N5O. The van der Waals surface area contributed by atoms with E-state index < -0.39 is 0 Å². The number of amides is 1. The quantitative estimate of drug-likeness (QED) is 0.865. The Morgan fingerprint density at radius 3 is 2.58 bits per heavy atom. The van der Waals surface area contributed by atoms with Gasteiger partial charge in [0.2, 0.25) is 0 Å². The minimum absolute atomic E-state index is 0.0275. The van der Waals surface area contributed by atoms with E-state index in [0.717, 1.165) is 43.9 Å². The van der Waals surface area contributed by atoms with E-state index >= 15 is 0 Å². The lowest BCUT2D eigenvalue weighted by molar-refractivity contribution is 0.0526. The van der Waals surface area contributed by atoms with Gasteiger partial charge in [-0.1, -0.05) is 23.4 Å².